The summed E-state index contributed by atoms with van der Waals surface area (Å²) >= 11 is 0. The Morgan fingerprint density at radius 1 is 1.18 bits per heavy atom. The van der Waals surface area contributed by atoms with Crippen LogP contribution in [-0.4, -0.2) is 23.1 Å². The van der Waals surface area contributed by atoms with Gasteiger partial charge in [0.15, 0.2) is 5.82 Å². The number of aromatic nitrogens is 2. The molecule has 140 valence electrons. The summed E-state index contributed by atoms with van der Waals surface area (Å²) in [5.74, 6) is -0.434. The summed E-state index contributed by atoms with van der Waals surface area (Å²) in [6.45, 7) is 2.55. The lowest BCUT2D eigenvalue weighted by atomic mass is 10.1. The number of allylic oxidation sites excluding steroid dienone is 1. The van der Waals surface area contributed by atoms with E-state index in [9.17, 15) is 4.39 Å². The van der Waals surface area contributed by atoms with Gasteiger partial charge in [0, 0.05) is 22.6 Å². The number of nitriles is 1. The normalized spacial score (nSPS) is 14.2. The second-order valence-corrected chi connectivity index (χ2v) is 6.48. The largest absolute Gasteiger partial charge is 0.399 e. The maximum Gasteiger partial charge on any atom is 0.169 e. The Hall–Kier alpha value is -3.63. The fourth-order valence-corrected chi connectivity index (χ4v) is 3.28. The summed E-state index contributed by atoms with van der Waals surface area (Å²) in [4.78, 5) is 1.95. The quantitative estimate of drug-likeness (QED) is 0.706. The summed E-state index contributed by atoms with van der Waals surface area (Å²) in [5, 5.41) is 13.2. The molecule has 28 heavy (non-hydrogen) atoms. The molecule has 0 fully saturated rings. The summed E-state index contributed by atoms with van der Waals surface area (Å²) < 4.78 is 22.0. The van der Waals surface area contributed by atoms with E-state index < -0.39 is 5.82 Å². The van der Waals surface area contributed by atoms with Gasteiger partial charge in [0.1, 0.15) is 12.4 Å². The highest BCUT2D eigenvalue weighted by atomic mass is 19.1. The molecule has 0 amide bonds. The molecule has 0 saturated heterocycles. The second-order valence-electron chi connectivity index (χ2n) is 6.48. The van der Waals surface area contributed by atoms with Crippen LogP contribution in [0.3, 0.4) is 0 Å². The molecule has 0 atom stereocenters. The Bertz CT molecular complexity index is 1090. The molecule has 0 bridgehead atoms. The molecule has 1 aliphatic rings. The van der Waals surface area contributed by atoms with Crippen molar-refractivity contribution < 1.29 is 9.13 Å². The third kappa shape index (κ3) is 3.10. The van der Waals surface area contributed by atoms with Crippen molar-refractivity contribution in [2.24, 2.45) is 0 Å². The summed E-state index contributed by atoms with van der Waals surface area (Å²) in [7, 11) is 0. The van der Waals surface area contributed by atoms with Crippen LogP contribution in [0.5, 0.6) is 0 Å². The van der Waals surface area contributed by atoms with Gasteiger partial charge >= 0.3 is 0 Å². The van der Waals surface area contributed by atoms with Crippen LogP contribution in [0.4, 0.5) is 15.8 Å². The fourth-order valence-electron chi connectivity index (χ4n) is 3.28. The van der Waals surface area contributed by atoms with Gasteiger partial charge in [0.25, 0.3) is 0 Å². The van der Waals surface area contributed by atoms with Crippen molar-refractivity contribution in [1.82, 2.24) is 9.78 Å². The Labute approximate surface area is 161 Å². The van der Waals surface area contributed by atoms with E-state index in [-0.39, 0.29) is 6.61 Å². The first-order valence-electron chi connectivity index (χ1n) is 8.73. The Kier molecular flexibility index (Phi) is 4.55. The van der Waals surface area contributed by atoms with Gasteiger partial charge in [-0.1, -0.05) is 6.07 Å². The van der Waals surface area contributed by atoms with E-state index in [1.807, 2.05) is 36.1 Å². The van der Waals surface area contributed by atoms with E-state index in [1.54, 1.807) is 24.3 Å². The van der Waals surface area contributed by atoms with Crippen LogP contribution in [0.25, 0.3) is 11.3 Å². The Balaban J connectivity index is 1.81. The van der Waals surface area contributed by atoms with Crippen molar-refractivity contribution >= 4 is 16.9 Å². The smallest absolute Gasteiger partial charge is 0.169 e. The van der Waals surface area contributed by atoms with Gasteiger partial charge in [-0.2, -0.15) is 10.4 Å². The van der Waals surface area contributed by atoms with Crippen LogP contribution in [0, 0.1) is 17.1 Å². The highest BCUT2D eigenvalue weighted by molar-refractivity contribution is 5.74. The minimum atomic E-state index is -0.434. The number of benzene rings is 2. The van der Waals surface area contributed by atoms with E-state index in [0.29, 0.717) is 34.9 Å². The second kappa shape index (κ2) is 7.18. The molecule has 6 nitrogen and oxygen atoms in total. The van der Waals surface area contributed by atoms with Crippen molar-refractivity contribution in [3.05, 3.63) is 77.5 Å². The lowest BCUT2D eigenvalue weighted by molar-refractivity contribution is 0.161. The monoisotopic (exact) mass is 375 g/mol. The molecule has 2 heterocycles. The first-order valence-corrected chi connectivity index (χ1v) is 8.73. The van der Waals surface area contributed by atoms with Crippen LogP contribution >= 0.6 is 0 Å². The van der Waals surface area contributed by atoms with Crippen molar-refractivity contribution in [2.75, 3.05) is 24.0 Å². The van der Waals surface area contributed by atoms with Crippen LogP contribution < -0.4 is 10.6 Å². The van der Waals surface area contributed by atoms with Gasteiger partial charge in [-0.25, -0.2) is 9.07 Å². The van der Waals surface area contributed by atoms with Gasteiger partial charge in [-0.15, -0.1) is 0 Å². The topological polar surface area (TPSA) is 80.1 Å². The zero-order valence-electron chi connectivity index (χ0n) is 15.3. The minimum absolute atomic E-state index is 0.267. The number of nitrogens with zero attached hydrogens (tertiary/aromatic N) is 4. The van der Waals surface area contributed by atoms with Crippen LogP contribution in [0.15, 0.2) is 60.4 Å². The maximum absolute atomic E-state index is 14.7. The minimum Gasteiger partial charge on any atom is -0.399 e. The summed E-state index contributed by atoms with van der Waals surface area (Å²) in [5.41, 5.74) is 10.5. The number of nitrogen functional groups attached to an aromatic ring is 1. The molecule has 3 aromatic rings. The third-order valence-electron chi connectivity index (χ3n) is 4.74. The molecule has 7 heteroatoms. The van der Waals surface area contributed by atoms with Crippen molar-refractivity contribution in [3.63, 3.8) is 0 Å². The van der Waals surface area contributed by atoms with Gasteiger partial charge < -0.3 is 15.4 Å². The highest BCUT2D eigenvalue weighted by Crippen LogP contribution is 2.32. The molecule has 4 rings (SSSR count). The van der Waals surface area contributed by atoms with Crippen LogP contribution in [0.2, 0.25) is 0 Å². The molecule has 0 radical (unpaired) electrons. The first-order chi connectivity index (χ1) is 13.6. The zero-order valence-corrected chi connectivity index (χ0v) is 15.3. The number of anilines is 2. The average molecular weight is 375 g/mol. The van der Waals surface area contributed by atoms with E-state index in [0.717, 1.165) is 11.4 Å². The zero-order chi connectivity index (χ0) is 19.7. The molecule has 1 aromatic heterocycles. The fraction of sp³-hybridized carbons (Fsp3) is 0.143. The van der Waals surface area contributed by atoms with Gasteiger partial charge in [-0.05, 0) is 49.4 Å². The number of hydrogen-bond acceptors (Lipinski definition) is 5. The molecular formula is C21H18FN5O. The van der Waals surface area contributed by atoms with Gasteiger partial charge in [0.2, 0.25) is 0 Å². The molecular weight excluding hydrogens is 357 g/mol. The predicted molar refractivity (Wildman–Crippen MR) is 105 cm³/mol. The molecule has 2 aromatic carbocycles. The predicted octanol–water partition coefficient (Wildman–Crippen LogP) is 3.69. The average Bonchev–Trinajstić information content (AvgIpc) is 3.09. The van der Waals surface area contributed by atoms with E-state index in [2.05, 4.69) is 11.2 Å². The number of halogens is 1. The van der Waals surface area contributed by atoms with Crippen molar-refractivity contribution in [1.29, 1.82) is 5.26 Å². The molecule has 0 aliphatic carbocycles. The van der Waals surface area contributed by atoms with Crippen molar-refractivity contribution in [2.45, 2.75) is 6.92 Å². The number of rotatable bonds is 3. The van der Waals surface area contributed by atoms with Crippen molar-refractivity contribution in [3.8, 4) is 11.8 Å². The SMILES string of the molecule is CC1=C(c2c(F)cnn2-c2ccc(C#N)cc2)COCN1c1cccc(N)c1. The van der Waals surface area contributed by atoms with E-state index in [4.69, 9.17) is 15.7 Å². The van der Waals surface area contributed by atoms with Crippen LogP contribution in [-0.2, 0) is 4.74 Å². The number of hydrogen-bond donors (Lipinski definition) is 1. The Morgan fingerprint density at radius 3 is 2.68 bits per heavy atom. The molecule has 2 N–H and O–H groups in total. The standard InChI is InChI=1S/C21H18FN5O/c1-14-19(12-28-13-26(14)18-4-2-3-16(24)9-18)21-20(22)11-25-27(21)17-7-5-15(10-23)6-8-17/h2-9,11H,12-13,24H2,1H3. The molecule has 1 aliphatic heterocycles. The Morgan fingerprint density at radius 2 is 1.96 bits per heavy atom. The lowest BCUT2D eigenvalue weighted by Crippen LogP contribution is -2.31. The molecule has 0 saturated carbocycles. The maximum atomic E-state index is 14.7. The summed E-state index contributed by atoms with van der Waals surface area (Å²) in [6, 6.07) is 16.4. The summed E-state index contributed by atoms with van der Waals surface area (Å²) in [6.07, 6.45) is 1.19. The molecule has 0 unspecified atom stereocenters. The van der Waals surface area contributed by atoms with Crippen LogP contribution in [0.1, 0.15) is 18.2 Å². The van der Waals surface area contributed by atoms with E-state index in [1.165, 1.54) is 10.9 Å². The first kappa shape index (κ1) is 17.8. The number of ether oxygens (including phenoxy) is 1. The third-order valence-corrected chi connectivity index (χ3v) is 4.74. The van der Waals surface area contributed by atoms with E-state index >= 15 is 0 Å². The van der Waals surface area contributed by atoms with Gasteiger partial charge in [-0.3, -0.25) is 0 Å². The molecule has 0 spiro atoms. The van der Waals surface area contributed by atoms with Gasteiger partial charge in [0.05, 0.1) is 30.1 Å². The number of nitrogens with two attached hydrogens (primary N) is 1. The lowest BCUT2D eigenvalue weighted by Gasteiger charge is -2.32. The highest BCUT2D eigenvalue weighted by Gasteiger charge is 2.25.